The molecule has 0 radical (unpaired) electrons. The summed E-state index contributed by atoms with van der Waals surface area (Å²) in [6.07, 6.45) is 2.41. The molecule has 1 rings (SSSR count). The van der Waals surface area contributed by atoms with Crippen molar-refractivity contribution >= 4 is 11.7 Å². The van der Waals surface area contributed by atoms with Gasteiger partial charge in [-0.2, -0.15) is 0 Å². The van der Waals surface area contributed by atoms with Crippen molar-refractivity contribution in [1.82, 2.24) is 0 Å². The number of unbranched alkanes of at least 4 members (excludes halogenated alkanes) is 1. The fraction of sp³-hybridized carbons (Fsp3) is 0.364. The Labute approximate surface area is 88.3 Å². The van der Waals surface area contributed by atoms with E-state index in [1.54, 1.807) is 12.1 Å². The predicted molar refractivity (Wildman–Crippen MR) is 57.7 cm³/mol. The Kier molecular flexibility index (Phi) is 3.97. The zero-order valence-electron chi connectivity index (χ0n) is 8.44. The van der Waals surface area contributed by atoms with Crippen LogP contribution in [-0.2, 0) is 11.2 Å². The lowest BCUT2D eigenvalue weighted by molar-refractivity contribution is -0.137. The SMILES string of the molecule is Nc1ccc(CCCCC(=O)O)cc1O. The quantitative estimate of drug-likeness (QED) is 0.392. The Hall–Kier alpha value is -1.71. The van der Waals surface area contributed by atoms with Gasteiger partial charge in [-0.15, -0.1) is 0 Å². The number of rotatable bonds is 5. The summed E-state index contributed by atoms with van der Waals surface area (Å²) in [6, 6.07) is 5.12. The van der Waals surface area contributed by atoms with Crippen molar-refractivity contribution in [1.29, 1.82) is 0 Å². The minimum absolute atomic E-state index is 0.0886. The van der Waals surface area contributed by atoms with Gasteiger partial charge in [0.15, 0.2) is 0 Å². The molecule has 0 amide bonds. The summed E-state index contributed by atoms with van der Waals surface area (Å²) in [4.78, 5) is 10.3. The Morgan fingerprint density at radius 1 is 1.33 bits per heavy atom. The number of phenols is 1. The maximum absolute atomic E-state index is 10.3. The molecule has 4 heteroatoms. The number of hydrogen-bond acceptors (Lipinski definition) is 3. The van der Waals surface area contributed by atoms with Gasteiger partial charge in [-0.3, -0.25) is 4.79 Å². The molecule has 0 aliphatic heterocycles. The van der Waals surface area contributed by atoms with Gasteiger partial charge < -0.3 is 15.9 Å². The number of carbonyl (C=O) groups is 1. The van der Waals surface area contributed by atoms with E-state index < -0.39 is 5.97 Å². The van der Waals surface area contributed by atoms with Gasteiger partial charge >= 0.3 is 5.97 Å². The largest absolute Gasteiger partial charge is 0.506 e. The van der Waals surface area contributed by atoms with Crippen molar-refractivity contribution in [3.63, 3.8) is 0 Å². The van der Waals surface area contributed by atoms with E-state index in [-0.39, 0.29) is 12.2 Å². The average Bonchev–Trinajstić information content (AvgIpc) is 2.18. The summed E-state index contributed by atoms with van der Waals surface area (Å²) in [5.41, 5.74) is 6.80. The van der Waals surface area contributed by atoms with Crippen LogP contribution >= 0.6 is 0 Å². The highest BCUT2D eigenvalue weighted by Gasteiger charge is 2.00. The molecule has 4 nitrogen and oxygen atoms in total. The molecule has 0 bridgehead atoms. The highest BCUT2D eigenvalue weighted by molar-refractivity contribution is 5.66. The van der Waals surface area contributed by atoms with Crippen LogP contribution in [0.2, 0.25) is 0 Å². The number of phenolic OH excluding ortho intramolecular Hbond substituents is 1. The van der Waals surface area contributed by atoms with Gasteiger partial charge in [0, 0.05) is 6.42 Å². The molecule has 0 unspecified atom stereocenters. The maximum atomic E-state index is 10.3. The number of nitrogens with two attached hydrogens (primary N) is 1. The van der Waals surface area contributed by atoms with E-state index in [0.717, 1.165) is 18.4 Å². The average molecular weight is 209 g/mol. The summed E-state index contributed by atoms with van der Waals surface area (Å²) >= 11 is 0. The molecule has 1 aromatic rings. The van der Waals surface area contributed by atoms with Crippen molar-refractivity contribution in [2.45, 2.75) is 25.7 Å². The van der Waals surface area contributed by atoms with Gasteiger partial charge in [0.2, 0.25) is 0 Å². The van der Waals surface area contributed by atoms with Crippen molar-refractivity contribution in [3.05, 3.63) is 23.8 Å². The monoisotopic (exact) mass is 209 g/mol. The molecule has 0 atom stereocenters. The molecule has 1 aromatic carbocycles. The summed E-state index contributed by atoms with van der Waals surface area (Å²) < 4.78 is 0. The zero-order chi connectivity index (χ0) is 11.3. The minimum atomic E-state index is -0.768. The summed E-state index contributed by atoms with van der Waals surface area (Å²) in [5, 5.41) is 17.8. The van der Waals surface area contributed by atoms with E-state index in [4.69, 9.17) is 10.8 Å². The van der Waals surface area contributed by atoms with Crippen LogP contribution in [0.3, 0.4) is 0 Å². The summed E-state index contributed by atoms with van der Waals surface area (Å²) in [6.45, 7) is 0. The first-order valence-electron chi connectivity index (χ1n) is 4.89. The summed E-state index contributed by atoms with van der Waals surface area (Å²) in [5.74, 6) is -0.680. The second-order valence-corrected chi connectivity index (χ2v) is 3.49. The van der Waals surface area contributed by atoms with E-state index in [9.17, 15) is 9.90 Å². The van der Waals surface area contributed by atoms with Crippen LogP contribution < -0.4 is 5.73 Å². The van der Waals surface area contributed by atoms with Crippen LogP contribution in [-0.4, -0.2) is 16.2 Å². The highest BCUT2D eigenvalue weighted by atomic mass is 16.4. The van der Waals surface area contributed by atoms with Crippen LogP contribution in [0.5, 0.6) is 5.75 Å². The van der Waals surface area contributed by atoms with E-state index >= 15 is 0 Å². The van der Waals surface area contributed by atoms with Crippen molar-refractivity contribution in [3.8, 4) is 5.75 Å². The number of aryl methyl sites for hydroxylation is 1. The topological polar surface area (TPSA) is 83.6 Å². The second kappa shape index (κ2) is 5.24. The van der Waals surface area contributed by atoms with Gasteiger partial charge in [0.1, 0.15) is 5.75 Å². The fourth-order valence-corrected chi connectivity index (χ4v) is 1.35. The van der Waals surface area contributed by atoms with Crippen LogP contribution in [0.15, 0.2) is 18.2 Å². The Morgan fingerprint density at radius 3 is 2.67 bits per heavy atom. The molecule has 82 valence electrons. The molecule has 0 aromatic heterocycles. The number of hydrogen-bond donors (Lipinski definition) is 3. The first-order valence-corrected chi connectivity index (χ1v) is 4.89. The third kappa shape index (κ3) is 3.89. The standard InChI is InChI=1S/C11H15NO3/c12-9-6-5-8(7-10(9)13)3-1-2-4-11(14)15/h5-7,13H,1-4,12H2,(H,14,15). The smallest absolute Gasteiger partial charge is 0.303 e. The molecular weight excluding hydrogens is 194 g/mol. The molecule has 0 saturated heterocycles. The fourth-order valence-electron chi connectivity index (χ4n) is 1.35. The van der Waals surface area contributed by atoms with Crippen molar-refractivity contribution in [2.75, 3.05) is 5.73 Å². The van der Waals surface area contributed by atoms with Crippen LogP contribution in [0.4, 0.5) is 5.69 Å². The number of aromatic hydroxyl groups is 1. The first-order chi connectivity index (χ1) is 7.09. The van der Waals surface area contributed by atoms with Gasteiger partial charge in [-0.05, 0) is 37.0 Å². The molecule has 0 saturated carbocycles. The lowest BCUT2D eigenvalue weighted by Crippen LogP contribution is -1.95. The summed E-state index contributed by atoms with van der Waals surface area (Å²) in [7, 11) is 0. The number of anilines is 1. The maximum Gasteiger partial charge on any atom is 0.303 e. The molecule has 0 spiro atoms. The number of carboxylic acid groups (broad SMARTS) is 1. The number of aliphatic carboxylic acids is 1. The second-order valence-electron chi connectivity index (χ2n) is 3.49. The molecule has 0 heterocycles. The molecule has 0 aliphatic rings. The van der Waals surface area contributed by atoms with Crippen LogP contribution in [0.25, 0.3) is 0 Å². The van der Waals surface area contributed by atoms with Crippen LogP contribution in [0, 0.1) is 0 Å². The predicted octanol–water partition coefficient (Wildman–Crippen LogP) is 1.77. The molecular formula is C11H15NO3. The molecule has 0 fully saturated rings. The Bertz CT molecular complexity index is 350. The number of nitrogen functional groups attached to an aromatic ring is 1. The van der Waals surface area contributed by atoms with E-state index in [1.807, 2.05) is 6.07 Å². The first kappa shape index (κ1) is 11.4. The number of carboxylic acids is 1. The Morgan fingerprint density at radius 2 is 2.07 bits per heavy atom. The van der Waals surface area contributed by atoms with Gasteiger partial charge in [-0.25, -0.2) is 0 Å². The van der Waals surface area contributed by atoms with Crippen molar-refractivity contribution in [2.24, 2.45) is 0 Å². The van der Waals surface area contributed by atoms with E-state index in [0.29, 0.717) is 12.1 Å². The van der Waals surface area contributed by atoms with Crippen molar-refractivity contribution < 1.29 is 15.0 Å². The van der Waals surface area contributed by atoms with E-state index in [2.05, 4.69) is 0 Å². The van der Waals surface area contributed by atoms with Gasteiger partial charge in [0.05, 0.1) is 5.69 Å². The van der Waals surface area contributed by atoms with Crippen LogP contribution in [0.1, 0.15) is 24.8 Å². The number of benzene rings is 1. The Balaban J connectivity index is 2.38. The lowest BCUT2D eigenvalue weighted by atomic mass is 10.1. The normalized spacial score (nSPS) is 10.1. The zero-order valence-corrected chi connectivity index (χ0v) is 8.44. The third-order valence-corrected chi connectivity index (χ3v) is 2.20. The molecule has 4 N–H and O–H groups in total. The van der Waals surface area contributed by atoms with E-state index in [1.165, 1.54) is 0 Å². The van der Waals surface area contributed by atoms with Gasteiger partial charge in [0.25, 0.3) is 0 Å². The third-order valence-electron chi connectivity index (χ3n) is 2.20. The molecule has 15 heavy (non-hydrogen) atoms. The highest BCUT2D eigenvalue weighted by Crippen LogP contribution is 2.21. The molecule has 0 aliphatic carbocycles. The lowest BCUT2D eigenvalue weighted by Gasteiger charge is -2.03. The minimum Gasteiger partial charge on any atom is -0.506 e. The van der Waals surface area contributed by atoms with Gasteiger partial charge in [-0.1, -0.05) is 6.07 Å².